The molecule has 0 saturated carbocycles. The van der Waals surface area contributed by atoms with E-state index >= 15 is 0 Å². The number of anilines is 2. The molecule has 134 valence electrons. The fraction of sp³-hybridized carbons (Fsp3) is 0.474. The molecule has 0 amide bonds. The Morgan fingerprint density at radius 2 is 1.88 bits per heavy atom. The third-order valence-electron chi connectivity index (χ3n) is 4.68. The number of nitrogens with one attached hydrogen (secondary N) is 1. The summed E-state index contributed by atoms with van der Waals surface area (Å²) in [6, 6.07) is 8.30. The summed E-state index contributed by atoms with van der Waals surface area (Å²) in [5, 5.41) is 3.43. The highest BCUT2D eigenvalue weighted by molar-refractivity contribution is 5.46. The van der Waals surface area contributed by atoms with Crippen molar-refractivity contribution in [2.45, 2.75) is 19.6 Å². The van der Waals surface area contributed by atoms with Gasteiger partial charge in [-0.1, -0.05) is 12.1 Å². The number of aromatic nitrogens is 2. The van der Waals surface area contributed by atoms with Crippen LogP contribution in [0.4, 0.5) is 11.6 Å². The molecule has 1 N–H and O–H groups in total. The Morgan fingerprint density at radius 3 is 2.56 bits per heavy atom. The van der Waals surface area contributed by atoms with Crippen molar-refractivity contribution in [2.24, 2.45) is 0 Å². The van der Waals surface area contributed by atoms with Gasteiger partial charge in [0.2, 0.25) is 5.95 Å². The van der Waals surface area contributed by atoms with Crippen LogP contribution in [0.3, 0.4) is 0 Å². The lowest BCUT2D eigenvalue weighted by Gasteiger charge is -2.32. The summed E-state index contributed by atoms with van der Waals surface area (Å²) in [4.78, 5) is 13.6. The Balaban J connectivity index is 1.57. The quantitative estimate of drug-likeness (QED) is 0.871. The number of ether oxygens (including phenoxy) is 1. The van der Waals surface area contributed by atoms with E-state index in [1.165, 1.54) is 0 Å². The molecule has 1 aromatic carbocycles. The van der Waals surface area contributed by atoms with Gasteiger partial charge in [0, 0.05) is 63.5 Å². The Hall–Kier alpha value is -2.18. The van der Waals surface area contributed by atoms with E-state index < -0.39 is 0 Å². The molecule has 0 aliphatic carbocycles. The minimum Gasteiger partial charge on any atom is -0.381 e. The molecule has 2 heterocycles. The monoisotopic (exact) mass is 341 g/mol. The Bertz CT molecular complexity index is 668. The van der Waals surface area contributed by atoms with E-state index in [2.05, 4.69) is 50.3 Å². The van der Waals surface area contributed by atoms with E-state index in [1.807, 2.05) is 25.4 Å². The second-order valence-corrected chi connectivity index (χ2v) is 6.54. The summed E-state index contributed by atoms with van der Waals surface area (Å²) in [7, 11) is 3.87. The highest BCUT2D eigenvalue weighted by Crippen LogP contribution is 2.20. The van der Waals surface area contributed by atoms with E-state index in [1.54, 1.807) is 7.11 Å². The zero-order valence-corrected chi connectivity index (χ0v) is 15.3. The van der Waals surface area contributed by atoms with Gasteiger partial charge in [0.05, 0.1) is 6.10 Å². The third-order valence-corrected chi connectivity index (χ3v) is 4.68. The van der Waals surface area contributed by atoms with Crippen LogP contribution in [0.2, 0.25) is 0 Å². The molecule has 0 spiro atoms. The molecule has 1 fully saturated rings. The van der Waals surface area contributed by atoms with Gasteiger partial charge in [-0.25, -0.2) is 9.97 Å². The normalized spacial score (nSPS) is 16.7. The Morgan fingerprint density at radius 1 is 1.16 bits per heavy atom. The van der Waals surface area contributed by atoms with Crippen LogP contribution in [0.25, 0.3) is 0 Å². The second-order valence-electron chi connectivity index (χ2n) is 6.54. The van der Waals surface area contributed by atoms with Crippen molar-refractivity contribution < 1.29 is 4.74 Å². The van der Waals surface area contributed by atoms with Gasteiger partial charge < -0.3 is 19.9 Å². The Kier molecular flexibility index (Phi) is 5.83. The molecule has 1 aromatic heterocycles. The smallest absolute Gasteiger partial charge is 0.225 e. The molecule has 1 aliphatic heterocycles. The van der Waals surface area contributed by atoms with E-state index in [0.717, 1.165) is 48.9 Å². The first-order chi connectivity index (χ1) is 12.2. The van der Waals surface area contributed by atoms with Crippen molar-refractivity contribution in [1.29, 1.82) is 0 Å². The molecular formula is C19H27N5O. The maximum atomic E-state index is 5.38. The van der Waals surface area contributed by atoms with Crippen molar-refractivity contribution in [2.75, 3.05) is 50.6 Å². The van der Waals surface area contributed by atoms with Gasteiger partial charge >= 0.3 is 0 Å². The molecule has 0 radical (unpaired) electrons. The van der Waals surface area contributed by atoms with E-state index in [0.29, 0.717) is 6.54 Å². The first-order valence-corrected chi connectivity index (χ1v) is 8.77. The van der Waals surface area contributed by atoms with Gasteiger partial charge in [0.1, 0.15) is 0 Å². The average Bonchev–Trinajstić information content (AvgIpc) is 2.67. The molecule has 1 atom stereocenters. The lowest BCUT2D eigenvalue weighted by atomic mass is 10.1. The molecule has 6 heteroatoms. The molecule has 0 bridgehead atoms. The number of rotatable bonds is 6. The molecule has 6 nitrogen and oxygen atoms in total. The molecule has 0 unspecified atom stereocenters. The molecular weight excluding hydrogens is 314 g/mol. The van der Waals surface area contributed by atoms with Gasteiger partial charge in [-0.3, -0.25) is 0 Å². The number of piperazine rings is 1. The van der Waals surface area contributed by atoms with Crippen molar-refractivity contribution in [3.05, 3.63) is 47.8 Å². The van der Waals surface area contributed by atoms with Gasteiger partial charge in [0.25, 0.3) is 0 Å². The van der Waals surface area contributed by atoms with Crippen molar-refractivity contribution in [3.8, 4) is 0 Å². The van der Waals surface area contributed by atoms with Crippen LogP contribution >= 0.6 is 0 Å². The minimum absolute atomic E-state index is 0.0907. The van der Waals surface area contributed by atoms with Crippen LogP contribution in [-0.4, -0.2) is 55.2 Å². The van der Waals surface area contributed by atoms with Crippen LogP contribution in [0.15, 0.2) is 36.7 Å². The summed E-state index contributed by atoms with van der Waals surface area (Å²) in [5.74, 6) is 0.827. The molecule has 25 heavy (non-hydrogen) atoms. The topological polar surface area (TPSA) is 53.5 Å². The highest BCUT2D eigenvalue weighted by Gasteiger charge is 2.16. The number of hydrogen-bond donors (Lipinski definition) is 1. The average molecular weight is 341 g/mol. The predicted molar refractivity (Wildman–Crippen MR) is 101 cm³/mol. The van der Waals surface area contributed by atoms with Crippen LogP contribution < -0.4 is 10.2 Å². The van der Waals surface area contributed by atoms with Crippen LogP contribution in [0.1, 0.15) is 24.2 Å². The first-order valence-electron chi connectivity index (χ1n) is 8.77. The number of likely N-dealkylation sites (N-methyl/N-ethyl adjacent to an activating group) is 1. The highest BCUT2D eigenvalue weighted by atomic mass is 16.5. The first kappa shape index (κ1) is 17.6. The van der Waals surface area contributed by atoms with Gasteiger partial charge in [-0.15, -0.1) is 0 Å². The summed E-state index contributed by atoms with van der Waals surface area (Å²) < 4.78 is 5.38. The standard InChI is InChI=1S/C19H27N5O/c1-15(25-3)17-5-4-6-18(11-17)20-12-16-13-21-19(22-14-16)24-9-7-23(2)8-10-24/h4-6,11,13-15,20H,7-10,12H2,1-3H3/t15-/m0/s1. The predicted octanol–water partition coefficient (Wildman–Crippen LogP) is 2.55. The van der Waals surface area contributed by atoms with Gasteiger partial charge in [0.15, 0.2) is 0 Å². The maximum absolute atomic E-state index is 5.38. The van der Waals surface area contributed by atoms with Crippen LogP contribution in [0, 0.1) is 0 Å². The van der Waals surface area contributed by atoms with Crippen molar-refractivity contribution in [1.82, 2.24) is 14.9 Å². The molecule has 3 rings (SSSR count). The lowest BCUT2D eigenvalue weighted by Crippen LogP contribution is -2.45. The summed E-state index contributed by atoms with van der Waals surface area (Å²) >= 11 is 0. The fourth-order valence-corrected chi connectivity index (χ4v) is 2.85. The van der Waals surface area contributed by atoms with Gasteiger partial charge in [-0.05, 0) is 31.7 Å². The number of nitrogens with zero attached hydrogens (tertiary/aromatic N) is 4. The van der Waals surface area contributed by atoms with E-state index in [-0.39, 0.29) is 6.10 Å². The van der Waals surface area contributed by atoms with Gasteiger partial charge in [-0.2, -0.15) is 0 Å². The largest absolute Gasteiger partial charge is 0.381 e. The number of methoxy groups -OCH3 is 1. The minimum atomic E-state index is 0.0907. The number of benzene rings is 1. The zero-order valence-electron chi connectivity index (χ0n) is 15.3. The summed E-state index contributed by atoms with van der Waals surface area (Å²) in [6.45, 7) is 6.83. The lowest BCUT2D eigenvalue weighted by molar-refractivity contribution is 0.119. The van der Waals surface area contributed by atoms with E-state index in [4.69, 9.17) is 4.74 Å². The molecule has 2 aromatic rings. The second kappa shape index (κ2) is 8.27. The summed E-state index contributed by atoms with van der Waals surface area (Å²) in [6.07, 6.45) is 3.91. The zero-order chi connectivity index (χ0) is 17.6. The van der Waals surface area contributed by atoms with Crippen LogP contribution in [0.5, 0.6) is 0 Å². The Labute approximate surface area is 149 Å². The van der Waals surface area contributed by atoms with E-state index in [9.17, 15) is 0 Å². The van der Waals surface area contributed by atoms with Crippen molar-refractivity contribution in [3.63, 3.8) is 0 Å². The fourth-order valence-electron chi connectivity index (χ4n) is 2.85. The molecule has 1 saturated heterocycles. The SMILES string of the molecule is CO[C@@H](C)c1cccc(NCc2cnc(N3CCN(C)CC3)nc2)c1. The maximum Gasteiger partial charge on any atom is 0.225 e. The third kappa shape index (κ3) is 4.67. The van der Waals surface area contributed by atoms with Crippen LogP contribution in [-0.2, 0) is 11.3 Å². The molecule has 1 aliphatic rings. The summed E-state index contributed by atoms with van der Waals surface area (Å²) in [5.41, 5.74) is 3.31. The number of hydrogen-bond acceptors (Lipinski definition) is 6. The van der Waals surface area contributed by atoms with Crippen molar-refractivity contribution >= 4 is 11.6 Å².